The molecule has 1 N–H and O–H groups in total. The summed E-state index contributed by atoms with van der Waals surface area (Å²) in [6.07, 6.45) is 1.50. The van der Waals surface area contributed by atoms with Crippen molar-refractivity contribution in [2.24, 2.45) is 5.16 Å². The molecular formula is C19H23ClN2O2. The largest absolute Gasteiger partial charge is 0.508 e. The Hall–Kier alpha value is -2.04. The van der Waals surface area contributed by atoms with Gasteiger partial charge in [0.15, 0.2) is 0 Å². The van der Waals surface area contributed by atoms with Gasteiger partial charge in [-0.3, -0.25) is 0 Å². The van der Waals surface area contributed by atoms with Crippen LogP contribution in [0.3, 0.4) is 0 Å². The van der Waals surface area contributed by atoms with Crippen LogP contribution in [0.15, 0.2) is 53.7 Å². The number of oxime groups is 1. The summed E-state index contributed by atoms with van der Waals surface area (Å²) >= 11 is 6.31. The number of halogens is 1. The summed E-state index contributed by atoms with van der Waals surface area (Å²) in [5.74, 6) is 0.269. The van der Waals surface area contributed by atoms with Crippen molar-refractivity contribution in [3.05, 3.63) is 64.7 Å². The van der Waals surface area contributed by atoms with Crippen molar-refractivity contribution in [1.29, 1.82) is 0 Å². The Kier molecular flexibility index (Phi) is 7.09. The van der Waals surface area contributed by atoms with E-state index in [0.717, 1.165) is 29.8 Å². The van der Waals surface area contributed by atoms with E-state index in [1.165, 1.54) is 0 Å². The number of phenolic OH excluding ortho intramolecular Hbond substituents is 1. The predicted molar refractivity (Wildman–Crippen MR) is 98.9 cm³/mol. The summed E-state index contributed by atoms with van der Waals surface area (Å²) in [5, 5.41) is 14.4. The van der Waals surface area contributed by atoms with Gasteiger partial charge in [0, 0.05) is 17.1 Å². The van der Waals surface area contributed by atoms with Crippen LogP contribution in [0.4, 0.5) is 0 Å². The van der Waals surface area contributed by atoms with Gasteiger partial charge in [0.25, 0.3) is 0 Å². The summed E-state index contributed by atoms with van der Waals surface area (Å²) in [7, 11) is 3.99. The first-order valence-electron chi connectivity index (χ1n) is 7.92. The molecule has 0 aliphatic rings. The van der Waals surface area contributed by atoms with E-state index in [1.54, 1.807) is 12.1 Å². The molecule has 24 heavy (non-hydrogen) atoms. The van der Waals surface area contributed by atoms with E-state index in [4.69, 9.17) is 16.4 Å². The maximum Gasteiger partial charge on any atom is 0.129 e. The summed E-state index contributed by atoms with van der Waals surface area (Å²) in [5.41, 5.74) is 2.84. The predicted octanol–water partition coefficient (Wildman–Crippen LogP) is 3.96. The average Bonchev–Trinajstić information content (AvgIpc) is 2.56. The lowest BCUT2D eigenvalue weighted by molar-refractivity contribution is 0.125. The molecule has 2 aromatic carbocycles. The zero-order chi connectivity index (χ0) is 17.4. The molecule has 128 valence electrons. The Labute approximate surface area is 148 Å². The van der Waals surface area contributed by atoms with Crippen LogP contribution < -0.4 is 0 Å². The molecule has 0 amide bonds. The lowest BCUT2D eigenvalue weighted by Crippen LogP contribution is -2.17. The fraction of sp³-hybridized carbons (Fsp3) is 0.316. The van der Waals surface area contributed by atoms with E-state index in [9.17, 15) is 5.11 Å². The minimum atomic E-state index is 0.269. The second-order valence-electron chi connectivity index (χ2n) is 5.82. The number of hydrogen-bond donors (Lipinski definition) is 1. The molecule has 0 heterocycles. The zero-order valence-corrected chi connectivity index (χ0v) is 14.8. The molecule has 2 rings (SSSR count). The Bertz CT molecular complexity index is 669. The van der Waals surface area contributed by atoms with Crippen molar-refractivity contribution >= 4 is 17.3 Å². The minimum absolute atomic E-state index is 0.269. The van der Waals surface area contributed by atoms with Gasteiger partial charge >= 0.3 is 0 Å². The quantitative estimate of drug-likeness (QED) is 0.447. The molecule has 2 aromatic rings. The molecule has 0 saturated heterocycles. The first-order chi connectivity index (χ1) is 11.6. The number of aromatic hydroxyl groups is 1. The van der Waals surface area contributed by atoms with Crippen molar-refractivity contribution in [2.75, 3.05) is 27.2 Å². The molecule has 0 bridgehead atoms. The van der Waals surface area contributed by atoms with Crippen LogP contribution in [0.5, 0.6) is 5.75 Å². The van der Waals surface area contributed by atoms with Gasteiger partial charge in [-0.15, -0.1) is 0 Å². The lowest BCUT2D eigenvalue weighted by atomic mass is 10.0. The fourth-order valence-corrected chi connectivity index (χ4v) is 2.44. The van der Waals surface area contributed by atoms with Gasteiger partial charge in [0.05, 0.1) is 5.71 Å². The number of hydrogen-bond acceptors (Lipinski definition) is 4. The van der Waals surface area contributed by atoms with Crippen molar-refractivity contribution in [1.82, 2.24) is 4.90 Å². The number of rotatable bonds is 8. The molecule has 5 heteroatoms. The van der Waals surface area contributed by atoms with E-state index in [1.807, 2.05) is 55.4 Å². The highest BCUT2D eigenvalue weighted by molar-refractivity contribution is 6.34. The standard InChI is InChI=1S/C19H23ClN2O2/c1-22(2)13-14-24-21-19(17-5-3-4-6-18(17)20)12-9-15-7-10-16(23)11-8-15/h3-8,10-11,23H,9,12-14H2,1-2H3. The number of benzene rings is 2. The van der Waals surface area contributed by atoms with E-state index < -0.39 is 0 Å². The van der Waals surface area contributed by atoms with Gasteiger partial charge in [0.2, 0.25) is 0 Å². The second kappa shape index (κ2) is 9.30. The molecule has 0 radical (unpaired) electrons. The maximum absolute atomic E-state index is 9.37. The van der Waals surface area contributed by atoms with Crippen LogP contribution in [0, 0.1) is 0 Å². The summed E-state index contributed by atoms with van der Waals surface area (Å²) < 4.78 is 0. The van der Waals surface area contributed by atoms with Gasteiger partial charge < -0.3 is 14.8 Å². The highest BCUT2D eigenvalue weighted by atomic mass is 35.5. The van der Waals surface area contributed by atoms with Crippen LogP contribution in [-0.2, 0) is 11.3 Å². The molecule has 0 unspecified atom stereocenters. The number of phenols is 1. The van der Waals surface area contributed by atoms with Crippen LogP contribution in [0.2, 0.25) is 5.02 Å². The first kappa shape index (κ1) is 18.3. The second-order valence-corrected chi connectivity index (χ2v) is 6.23. The van der Waals surface area contributed by atoms with Gasteiger partial charge in [-0.25, -0.2) is 0 Å². The monoisotopic (exact) mass is 346 g/mol. The molecular weight excluding hydrogens is 324 g/mol. The van der Waals surface area contributed by atoms with Crippen molar-refractivity contribution in [3.8, 4) is 5.75 Å². The first-order valence-corrected chi connectivity index (χ1v) is 8.30. The third-order valence-corrected chi connectivity index (χ3v) is 3.91. The Morgan fingerprint density at radius 1 is 1.12 bits per heavy atom. The molecule has 0 aliphatic heterocycles. The summed E-state index contributed by atoms with van der Waals surface area (Å²) in [4.78, 5) is 7.51. The smallest absolute Gasteiger partial charge is 0.129 e. The van der Waals surface area contributed by atoms with Crippen LogP contribution in [0.1, 0.15) is 17.5 Å². The van der Waals surface area contributed by atoms with Crippen molar-refractivity contribution in [3.63, 3.8) is 0 Å². The van der Waals surface area contributed by atoms with Gasteiger partial charge in [-0.2, -0.15) is 0 Å². The third-order valence-electron chi connectivity index (χ3n) is 3.58. The third kappa shape index (κ3) is 5.87. The summed E-state index contributed by atoms with van der Waals surface area (Å²) in [6, 6.07) is 14.8. The molecule has 0 aliphatic carbocycles. The highest BCUT2D eigenvalue weighted by Crippen LogP contribution is 2.19. The van der Waals surface area contributed by atoms with Gasteiger partial charge in [0.1, 0.15) is 12.4 Å². The Balaban J connectivity index is 2.08. The van der Waals surface area contributed by atoms with E-state index in [0.29, 0.717) is 18.1 Å². The SMILES string of the molecule is CN(C)CCON=C(CCc1ccc(O)cc1)c1ccccc1Cl. The molecule has 0 aromatic heterocycles. The van der Waals surface area contributed by atoms with Crippen LogP contribution in [-0.4, -0.2) is 43.0 Å². The fourth-order valence-electron chi connectivity index (χ4n) is 2.20. The van der Waals surface area contributed by atoms with Gasteiger partial charge in [-0.05, 0) is 50.7 Å². The molecule has 4 nitrogen and oxygen atoms in total. The lowest BCUT2D eigenvalue weighted by Gasteiger charge is -2.11. The topological polar surface area (TPSA) is 45.1 Å². The Morgan fingerprint density at radius 2 is 1.83 bits per heavy atom. The normalized spacial score (nSPS) is 11.8. The maximum atomic E-state index is 9.37. The molecule has 0 saturated carbocycles. The van der Waals surface area contributed by atoms with Crippen LogP contribution in [0.25, 0.3) is 0 Å². The van der Waals surface area contributed by atoms with E-state index >= 15 is 0 Å². The van der Waals surface area contributed by atoms with E-state index in [-0.39, 0.29) is 5.75 Å². The minimum Gasteiger partial charge on any atom is -0.508 e. The molecule has 0 spiro atoms. The Morgan fingerprint density at radius 3 is 2.50 bits per heavy atom. The van der Waals surface area contributed by atoms with Gasteiger partial charge in [-0.1, -0.05) is 47.1 Å². The van der Waals surface area contributed by atoms with E-state index in [2.05, 4.69) is 5.16 Å². The average molecular weight is 347 g/mol. The highest BCUT2D eigenvalue weighted by Gasteiger charge is 2.09. The van der Waals surface area contributed by atoms with Crippen LogP contribution >= 0.6 is 11.6 Å². The van der Waals surface area contributed by atoms with Crippen molar-refractivity contribution < 1.29 is 9.94 Å². The van der Waals surface area contributed by atoms with Crippen molar-refractivity contribution in [2.45, 2.75) is 12.8 Å². The zero-order valence-electron chi connectivity index (χ0n) is 14.1. The number of aryl methyl sites for hydroxylation is 1. The molecule has 0 atom stereocenters. The number of nitrogens with zero attached hydrogens (tertiary/aromatic N) is 2. The number of likely N-dealkylation sites (N-methyl/N-ethyl adjacent to an activating group) is 1. The molecule has 0 fully saturated rings. The summed E-state index contributed by atoms with van der Waals surface area (Å²) in [6.45, 7) is 1.33.